The van der Waals surface area contributed by atoms with E-state index < -0.39 is 12.8 Å². The first-order valence-electron chi connectivity index (χ1n) is 8.26. The molecule has 0 atom stereocenters. The number of guanidine groups is 1. The molecule has 2 aromatic rings. The molecular formula is C19H22F3N3O2. The van der Waals surface area contributed by atoms with Crippen LogP contribution in [0.3, 0.4) is 0 Å². The molecule has 0 aliphatic carbocycles. The summed E-state index contributed by atoms with van der Waals surface area (Å²) in [4.78, 5) is 4.15. The minimum Gasteiger partial charge on any atom is -0.496 e. The van der Waals surface area contributed by atoms with Crippen LogP contribution in [0, 0.1) is 0 Å². The first-order valence-corrected chi connectivity index (χ1v) is 8.26. The Morgan fingerprint density at radius 2 is 1.67 bits per heavy atom. The molecule has 2 rings (SSSR count). The Morgan fingerprint density at radius 1 is 1.00 bits per heavy atom. The normalized spacial score (nSPS) is 11.8. The zero-order valence-corrected chi connectivity index (χ0v) is 15.1. The third-order valence-electron chi connectivity index (χ3n) is 3.65. The molecule has 0 spiro atoms. The van der Waals surface area contributed by atoms with Gasteiger partial charge in [0.25, 0.3) is 0 Å². The van der Waals surface area contributed by atoms with E-state index in [9.17, 15) is 13.2 Å². The van der Waals surface area contributed by atoms with Gasteiger partial charge in [0.15, 0.2) is 12.6 Å². The number of ether oxygens (including phenoxy) is 2. The monoisotopic (exact) mass is 381 g/mol. The maximum absolute atomic E-state index is 12.1. The number of methoxy groups -OCH3 is 1. The van der Waals surface area contributed by atoms with E-state index in [2.05, 4.69) is 20.4 Å². The summed E-state index contributed by atoms with van der Waals surface area (Å²) in [5.41, 5.74) is 1.88. The molecule has 0 saturated carbocycles. The van der Waals surface area contributed by atoms with Crippen molar-refractivity contribution in [1.82, 2.24) is 10.6 Å². The molecule has 0 aromatic heterocycles. The fraction of sp³-hybridized carbons (Fsp3) is 0.316. The Morgan fingerprint density at radius 3 is 2.30 bits per heavy atom. The van der Waals surface area contributed by atoms with Gasteiger partial charge in [-0.3, -0.25) is 4.99 Å². The quantitative estimate of drug-likeness (QED) is 0.569. The predicted molar refractivity (Wildman–Crippen MR) is 98.0 cm³/mol. The number of para-hydroxylation sites is 1. The van der Waals surface area contributed by atoms with Crippen molar-refractivity contribution in [3.05, 3.63) is 59.7 Å². The van der Waals surface area contributed by atoms with Crippen LogP contribution in [-0.4, -0.2) is 32.9 Å². The van der Waals surface area contributed by atoms with Gasteiger partial charge in [-0.25, -0.2) is 0 Å². The summed E-state index contributed by atoms with van der Waals surface area (Å²) in [6, 6.07) is 14.1. The number of halogens is 3. The average Bonchev–Trinajstić information content (AvgIpc) is 2.67. The number of alkyl halides is 3. The summed E-state index contributed by atoms with van der Waals surface area (Å²) in [6.45, 7) is -0.302. The molecule has 0 unspecified atom stereocenters. The lowest BCUT2D eigenvalue weighted by Gasteiger charge is -2.14. The van der Waals surface area contributed by atoms with Gasteiger partial charge in [-0.15, -0.1) is 0 Å². The topological polar surface area (TPSA) is 54.9 Å². The minimum atomic E-state index is -4.35. The molecule has 146 valence electrons. The Kier molecular flexibility index (Phi) is 7.34. The van der Waals surface area contributed by atoms with E-state index in [4.69, 9.17) is 4.74 Å². The van der Waals surface area contributed by atoms with Crippen LogP contribution < -0.4 is 20.1 Å². The summed E-state index contributed by atoms with van der Waals surface area (Å²) in [5.74, 6) is 1.56. The summed E-state index contributed by atoms with van der Waals surface area (Å²) >= 11 is 0. The summed E-state index contributed by atoms with van der Waals surface area (Å²) in [6.07, 6.45) is -4.35. The first kappa shape index (κ1) is 20.4. The third-order valence-corrected chi connectivity index (χ3v) is 3.65. The first-order chi connectivity index (χ1) is 12.9. The fourth-order valence-electron chi connectivity index (χ4n) is 2.30. The molecule has 0 aliphatic rings. The van der Waals surface area contributed by atoms with Crippen molar-refractivity contribution in [2.75, 3.05) is 20.8 Å². The highest BCUT2D eigenvalue weighted by atomic mass is 19.4. The molecule has 0 radical (unpaired) electrons. The molecule has 0 bridgehead atoms. The number of nitrogens with one attached hydrogen (secondary N) is 2. The van der Waals surface area contributed by atoms with Gasteiger partial charge < -0.3 is 20.1 Å². The van der Waals surface area contributed by atoms with Crippen LogP contribution in [0.25, 0.3) is 0 Å². The largest absolute Gasteiger partial charge is 0.496 e. The van der Waals surface area contributed by atoms with Crippen molar-refractivity contribution in [3.63, 3.8) is 0 Å². The molecule has 0 fully saturated rings. The molecule has 8 heteroatoms. The van der Waals surface area contributed by atoms with Gasteiger partial charge in [-0.05, 0) is 23.8 Å². The highest BCUT2D eigenvalue weighted by Crippen LogP contribution is 2.19. The van der Waals surface area contributed by atoms with E-state index in [1.54, 1.807) is 26.3 Å². The number of hydrogen-bond donors (Lipinski definition) is 2. The van der Waals surface area contributed by atoms with Gasteiger partial charge in [-0.2, -0.15) is 13.2 Å². The molecular weight excluding hydrogens is 359 g/mol. The van der Waals surface area contributed by atoms with Crippen molar-refractivity contribution in [1.29, 1.82) is 0 Å². The second kappa shape index (κ2) is 9.70. The summed E-state index contributed by atoms with van der Waals surface area (Å²) in [5, 5.41) is 6.33. The molecule has 0 amide bonds. The minimum absolute atomic E-state index is 0.176. The Labute approximate surface area is 156 Å². The third kappa shape index (κ3) is 7.08. The van der Waals surface area contributed by atoms with Crippen LogP contribution in [0.15, 0.2) is 53.5 Å². The van der Waals surface area contributed by atoms with E-state index in [1.165, 1.54) is 12.1 Å². The van der Waals surface area contributed by atoms with Crippen molar-refractivity contribution < 1.29 is 22.6 Å². The van der Waals surface area contributed by atoms with Gasteiger partial charge in [0.2, 0.25) is 0 Å². The number of benzene rings is 2. The second-order valence-electron chi connectivity index (χ2n) is 5.64. The number of nitrogens with zero attached hydrogens (tertiary/aromatic N) is 1. The Hall–Kier alpha value is -2.90. The summed E-state index contributed by atoms with van der Waals surface area (Å²) in [7, 11) is 3.28. The molecule has 5 nitrogen and oxygen atoms in total. The van der Waals surface area contributed by atoms with E-state index in [-0.39, 0.29) is 5.75 Å². The Balaban J connectivity index is 1.83. The zero-order chi connectivity index (χ0) is 19.7. The van der Waals surface area contributed by atoms with Crippen molar-refractivity contribution >= 4 is 5.96 Å². The number of aliphatic imine (C=N–C) groups is 1. The molecule has 0 aliphatic heterocycles. The van der Waals surface area contributed by atoms with Gasteiger partial charge in [0.1, 0.15) is 11.5 Å². The molecule has 0 heterocycles. The van der Waals surface area contributed by atoms with Crippen LogP contribution in [0.4, 0.5) is 13.2 Å². The smallest absolute Gasteiger partial charge is 0.422 e. The lowest BCUT2D eigenvalue weighted by Crippen LogP contribution is -2.36. The van der Waals surface area contributed by atoms with Crippen molar-refractivity contribution in [2.45, 2.75) is 19.3 Å². The highest BCUT2D eigenvalue weighted by Gasteiger charge is 2.28. The maximum atomic E-state index is 12.1. The molecule has 2 aromatic carbocycles. The van der Waals surface area contributed by atoms with E-state index in [0.717, 1.165) is 16.9 Å². The molecule has 0 saturated heterocycles. The standard InChI is InChI=1S/C19H22F3N3O2/c1-23-18(25-12-15-5-3-4-6-17(15)26-2)24-11-14-7-9-16(10-8-14)27-13-19(20,21)22/h3-10H,11-13H2,1-2H3,(H2,23,24,25). The van der Waals surface area contributed by atoms with Crippen molar-refractivity contribution in [2.24, 2.45) is 4.99 Å². The van der Waals surface area contributed by atoms with Crippen LogP contribution in [0.5, 0.6) is 11.5 Å². The average molecular weight is 381 g/mol. The molecule has 27 heavy (non-hydrogen) atoms. The van der Waals surface area contributed by atoms with Crippen LogP contribution in [-0.2, 0) is 13.1 Å². The zero-order valence-electron chi connectivity index (χ0n) is 15.1. The highest BCUT2D eigenvalue weighted by molar-refractivity contribution is 5.79. The van der Waals surface area contributed by atoms with Gasteiger partial charge in [0, 0.05) is 25.7 Å². The lowest BCUT2D eigenvalue weighted by atomic mass is 10.2. The SMILES string of the molecule is CN=C(NCc1ccc(OCC(F)(F)F)cc1)NCc1ccccc1OC. The number of hydrogen-bond acceptors (Lipinski definition) is 3. The van der Waals surface area contributed by atoms with Gasteiger partial charge in [-0.1, -0.05) is 30.3 Å². The summed E-state index contributed by atoms with van der Waals surface area (Å²) < 4.78 is 46.4. The van der Waals surface area contributed by atoms with Gasteiger partial charge in [0.05, 0.1) is 7.11 Å². The second-order valence-corrected chi connectivity index (χ2v) is 5.64. The fourth-order valence-corrected chi connectivity index (χ4v) is 2.30. The van der Waals surface area contributed by atoms with E-state index in [1.807, 2.05) is 24.3 Å². The van der Waals surface area contributed by atoms with E-state index in [0.29, 0.717) is 19.0 Å². The van der Waals surface area contributed by atoms with E-state index >= 15 is 0 Å². The van der Waals surface area contributed by atoms with Crippen molar-refractivity contribution in [3.8, 4) is 11.5 Å². The molecule has 2 N–H and O–H groups in total. The van der Waals surface area contributed by atoms with Crippen LogP contribution in [0.1, 0.15) is 11.1 Å². The maximum Gasteiger partial charge on any atom is 0.422 e. The van der Waals surface area contributed by atoms with Crippen LogP contribution >= 0.6 is 0 Å². The predicted octanol–water partition coefficient (Wildman–Crippen LogP) is 3.50. The Bertz CT molecular complexity index is 747. The van der Waals surface area contributed by atoms with Crippen LogP contribution in [0.2, 0.25) is 0 Å². The lowest BCUT2D eigenvalue weighted by molar-refractivity contribution is -0.153. The number of rotatable bonds is 7. The van der Waals surface area contributed by atoms with Gasteiger partial charge >= 0.3 is 6.18 Å².